The SMILES string of the molecule is C=CC1CN(Cc2ccc(CCCn3c4nc(=O)[nH]c(=O)c-4nc4cc(C)c(C)cc43)cc2)CC(C)O1. The molecule has 2 aromatic rings. The summed E-state index contributed by atoms with van der Waals surface area (Å²) in [5, 5.41) is 0. The normalized spacial score (nSPS) is 18.5. The largest absolute Gasteiger partial charge is 0.369 e. The van der Waals surface area contributed by atoms with Crippen LogP contribution in [0.25, 0.3) is 22.6 Å². The third-order valence-electron chi connectivity index (χ3n) is 7.12. The van der Waals surface area contributed by atoms with Crippen LogP contribution in [0.15, 0.2) is 58.6 Å². The number of H-pyrrole nitrogens is 1. The minimum atomic E-state index is -0.652. The molecule has 1 saturated heterocycles. The van der Waals surface area contributed by atoms with Crippen molar-refractivity contribution in [3.05, 3.63) is 92.1 Å². The lowest BCUT2D eigenvalue weighted by atomic mass is 10.1. The number of aryl methyl sites for hydroxylation is 4. The average Bonchev–Trinajstić information content (AvgIpc) is 2.86. The number of aromatic nitrogens is 4. The molecule has 0 aliphatic carbocycles. The second-order valence-corrected chi connectivity index (χ2v) is 10.1. The fourth-order valence-electron chi connectivity index (χ4n) is 5.12. The van der Waals surface area contributed by atoms with Crippen LogP contribution in [0.3, 0.4) is 0 Å². The maximum Gasteiger partial charge on any atom is 0.349 e. The number of fused-ring (bicyclic) bond motifs is 2. The van der Waals surface area contributed by atoms with Gasteiger partial charge in [0.05, 0.1) is 23.2 Å². The smallest absolute Gasteiger partial charge is 0.349 e. The molecule has 3 aliphatic heterocycles. The van der Waals surface area contributed by atoms with Crippen LogP contribution < -0.4 is 11.2 Å². The zero-order valence-corrected chi connectivity index (χ0v) is 21.7. The Kier molecular flexibility index (Phi) is 7.04. The molecule has 8 nitrogen and oxygen atoms in total. The van der Waals surface area contributed by atoms with E-state index in [1.54, 1.807) is 0 Å². The molecule has 0 spiro atoms. The quantitative estimate of drug-likeness (QED) is 0.309. The Labute approximate surface area is 216 Å². The van der Waals surface area contributed by atoms with E-state index in [2.05, 4.69) is 63.7 Å². The second-order valence-electron chi connectivity index (χ2n) is 10.1. The van der Waals surface area contributed by atoms with E-state index in [1.165, 1.54) is 11.1 Å². The van der Waals surface area contributed by atoms with E-state index in [0.717, 1.165) is 54.6 Å². The maximum atomic E-state index is 12.5. The van der Waals surface area contributed by atoms with E-state index in [1.807, 2.05) is 30.6 Å². The number of aromatic amines is 1. The first kappa shape index (κ1) is 25.0. The van der Waals surface area contributed by atoms with Crippen LogP contribution in [-0.4, -0.2) is 49.7 Å². The molecule has 0 radical (unpaired) electrons. The van der Waals surface area contributed by atoms with Gasteiger partial charge in [0.2, 0.25) is 0 Å². The summed E-state index contributed by atoms with van der Waals surface area (Å²) in [6, 6.07) is 12.8. The van der Waals surface area contributed by atoms with Crippen LogP contribution in [0.5, 0.6) is 0 Å². The summed E-state index contributed by atoms with van der Waals surface area (Å²) >= 11 is 0. The van der Waals surface area contributed by atoms with Crippen molar-refractivity contribution in [2.45, 2.75) is 58.9 Å². The van der Waals surface area contributed by atoms with Crippen molar-refractivity contribution in [2.75, 3.05) is 13.1 Å². The number of ether oxygens (including phenoxy) is 1. The van der Waals surface area contributed by atoms with E-state index < -0.39 is 11.2 Å². The Morgan fingerprint density at radius 2 is 1.81 bits per heavy atom. The van der Waals surface area contributed by atoms with E-state index in [-0.39, 0.29) is 17.9 Å². The van der Waals surface area contributed by atoms with Crippen LogP contribution in [-0.2, 0) is 24.2 Å². The van der Waals surface area contributed by atoms with Gasteiger partial charge in [0, 0.05) is 26.2 Å². The molecule has 0 amide bonds. The summed E-state index contributed by atoms with van der Waals surface area (Å²) in [6.07, 6.45) is 3.85. The zero-order chi connectivity index (χ0) is 26.1. The van der Waals surface area contributed by atoms with E-state index in [0.29, 0.717) is 12.4 Å². The average molecular weight is 500 g/mol. The van der Waals surface area contributed by atoms with Crippen LogP contribution in [0.2, 0.25) is 0 Å². The topological polar surface area (TPSA) is 93.1 Å². The molecule has 192 valence electrons. The van der Waals surface area contributed by atoms with Crippen molar-refractivity contribution >= 4 is 11.0 Å². The number of rotatable bonds is 7. The van der Waals surface area contributed by atoms with Gasteiger partial charge in [-0.1, -0.05) is 30.3 Å². The van der Waals surface area contributed by atoms with Crippen molar-refractivity contribution in [2.24, 2.45) is 0 Å². The highest BCUT2D eigenvalue weighted by Crippen LogP contribution is 2.24. The van der Waals surface area contributed by atoms with Gasteiger partial charge in [-0.15, -0.1) is 6.58 Å². The molecule has 2 unspecified atom stereocenters. The molecule has 0 aromatic heterocycles. The first-order valence-corrected chi connectivity index (χ1v) is 12.8. The van der Waals surface area contributed by atoms with Gasteiger partial charge in [-0.3, -0.25) is 14.7 Å². The fourth-order valence-corrected chi connectivity index (χ4v) is 5.12. The monoisotopic (exact) mass is 499 g/mol. The molecule has 5 rings (SSSR count). The first-order chi connectivity index (χ1) is 17.8. The Hall–Kier alpha value is -3.62. The summed E-state index contributed by atoms with van der Waals surface area (Å²) < 4.78 is 7.84. The Bertz CT molecular complexity index is 1520. The van der Waals surface area contributed by atoms with Gasteiger partial charge in [0.25, 0.3) is 5.56 Å². The van der Waals surface area contributed by atoms with Crippen molar-refractivity contribution in [3.8, 4) is 11.5 Å². The highest BCUT2D eigenvalue weighted by molar-refractivity contribution is 5.81. The lowest BCUT2D eigenvalue weighted by molar-refractivity contribution is -0.0574. The molecule has 2 aromatic carbocycles. The van der Waals surface area contributed by atoms with Crippen molar-refractivity contribution < 1.29 is 4.74 Å². The summed E-state index contributed by atoms with van der Waals surface area (Å²) in [4.78, 5) is 37.8. The van der Waals surface area contributed by atoms with Gasteiger partial charge < -0.3 is 9.30 Å². The van der Waals surface area contributed by atoms with Crippen LogP contribution in [0.4, 0.5) is 0 Å². The molecule has 0 saturated carbocycles. The van der Waals surface area contributed by atoms with Gasteiger partial charge in [0.1, 0.15) is 0 Å². The molecule has 2 atom stereocenters. The molecule has 3 heterocycles. The Balaban J connectivity index is 1.32. The molecule has 3 aliphatic rings. The lowest BCUT2D eigenvalue weighted by Gasteiger charge is -2.35. The summed E-state index contributed by atoms with van der Waals surface area (Å²) in [5.74, 6) is 0.331. The molecule has 0 bridgehead atoms. The zero-order valence-electron chi connectivity index (χ0n) is 21.7. The molecular weight excluding hydrogens is 466 g/mol. The number of benzene rings is 2. The van der Waals surface area contributed by atoms with E-state index >= 15 is 0 Å². The number of hydrogen-bond donors (Lipinski definition) is 1. The van der Waals surface area contributed by atoms with Gasteiger partial charge in [0.15, 0.2) is 11.5 Å². The van der Waals surface area contributed by atoms with Crippen molar-refractivity contribution in [1.82, 2.24) is 24.4 Å². The molecule has 1 fully saturated rings. The highest BCUT2D eigenvalue weighted by Gasteiger charge is 2.23. The van der Waals surface area contributed by atoms with Gasteiger partial charge in [-0.25, -0.2) is 9.78 Å². The minimum absolute atomic E-state index is 0.0799. The first-order valence-electron chi connectivity index (χ1n) is 12.8. The summed E-state index contributed by atoms with van der Waals surface area (Å²) in [5.41, 5.74) is 5.38. The van der Waals surface area contributed by atoms with Gasteiger partial charge >= 0.3 is 5.69 Å². The highest BCUT2D eigenvalue weighted by atomic mass is 16.5. The van der Waals surface area contributed by atoms with Crippen molar-refractivity contribution in [1.29, 1.82) is 0 Å². The van der Waals surface area contributed by atoms with E-state index in [9.17, 15) is 9.59 Å². The van der Waals surface area contributed by atoms with Crippen molar-refractivity contribution in [3.63, 3.8) is 0 Å². The molecule has 8 heteroatoms. The maximum absolute atomic E-state index is 12.5. The molecular formula is C29H33N5O3. The molecule has 1 N–H and O–H groups in total. The van der Waals surface area contributed by atoms with Crippen LogP contribution in [0.1, 0.15) is 35.6 Å². The molecule has 37 heavy (non-hydrogen) atoms. The minimum Gasteiger partial charge on any atom is -0.369 e. The van der Waals surface area contributed by atoms with Gasteiger partial charge in [-0.05, 0) is 68.0 Å². The second kappa shape index (κ2) is 10.4. The van der Waals surface area contributed by atoms with E-state index in [4.69, 9.17) is 4.74 Å². The summed E-state index contributed by atoms with van der Waals surface area (Å²) in [7, 11) is 0. The summed E-state index contributed by atoms with van der Waals surface area (Å²) in [6.45, 7) is 13.3. The third-order valence-corrected chi connectivity index (χ3v) is 7.12. The fraction of sp³-hybridized carbons (Fsp3) is 0.379. The number of hydrogen-bond acceptors (Lipinski definition) is 6. The number of nitrogens with zero attached hydrogens (tertiary/aromatic N) is 4. The van der Waals surface area contributed by atoms with Gasteiger partial charge in [-0.2, -0.15) is 4.98 Å². The lowest BCUT2D eigenvalue weighted by Crippen LogP contribution is -2.45. The Morgan fingerprint density at radius 3 is 2.57 bits per heavy atom. The third kappa shape index (κ3) is 5.40. The predicted molar refractivity (Wildman–Crippen MR) is 145 cm³/mol. The predicted octanol–water partition coefficient (Wildman–Crippen LogP) is 3.61. The number of morpholine rings is 1. The standard InChI is InChI=1S/C29H33N5O3/c1-5-23-17-33(15-20(4)37-23)16-22-10-8-21(9-11-22)7-6-12-34-25-14-19(3)18(2)13-24(25)30-26-27(34)31-29(36)32-28(26)35/h5,8-11,13-14,20,23H,1,6-7,12,15-17H2,2-4H3,(H,32,35,36). The van der Waals surface area contributed by atoms with Crippen LogP contribution >= 0.6 is 0 Å². The number of nitrogens with one attached hydrogen (secondary N) is 1. The van der Waals surface area contributed by atoms with Crippen LogP contribution in [0, 0.1) is 13.8 Å². The Morgan fingerprint density at radius 1 is 1.08 bits per heavy atom.